The van der Waals surface area contributed by atoms with E-state index in [4.69, 9.17) is 9.47 Å². The average molecular weight is 548 g/mol. The number of nitrogens with one attached hydrogen (secondary N) is 2. The zero-order chi connectivity index (χ0) is 24.6. The topological polar surface area (TPSA) is 42.5 Å². The summed E-state index contributed by atoms with van der Waals surface area (Å²) in [6, 6.07) is 25.5. The Morgan fingerprint density at radius 3 is 1.70 bits per heavy atom. The van der Waals surface area contributed by atoms with E-state index in [0.717, 1.165) is 56.9 Å². The summed E-state index contributed by atoms with van der Waals surface area (Å²) in [5, 5.41) is 7.20. The fourth-order valence-corrected chi connectivity index (χ4v) is 4.46. The third-order valence-electron chi connectivity index (χ3n) is 6.43. The molecule has 3 aromatic rings. The lowest BCUT2D eigenvalue weighted by atomic mass is 9.96. The van der Waals surface area contributed by atoms with Crippen LogP contribution in [0.3, 0.4) is 0 Å². The lowest BCUT2D eigenvalue weighted by Gasteiger charge is -2.17. The predicted octanol–water partition coefficient (Wildman–Crippen LogP) is 6.66. The number of hydrogen-bond acceptors (Lipinski definition) is 4. The van der Waals surface area contributed by atoms with Gasteiger partial charge in [0.05, 0.1) is 14.2 Å². The minimum absolute atomic E-state index is 0. The predicted molar refractivity (Wildman–Crippen MR) is 161 cm³/mol. The molecule has 0 aliphatic heterocycles. The molecule has 0 aromatic heterocycles. The van der Waals surface area contributed by atoms with Crippen LogP contribution in [0.25, 0.3) is 0 Å². The largest absolute Gasteiger partial charge is 0.493 e. The van der Waals surface area contributed by atoms with Crippen LogP contribution in [0.2, 0.25) is 0 Å². The Morgan fingerprint density at radius 1 is 0.568 bits per heavy atom. The molecule has 3 aromatic carbocycles. The molecule has 204 valence electrons. The van der Waals surface area contributed by atoms with Gasteiger partial charge in [-0.2, -0.15) is 0 Å². The van der Waals surface area contributed by atoms with E-state index in [1.807, 2.05) is 6.07 Å². The van der Waals surface area contributed by atoms with E-state index >= 15 is 0 Å². The summed E-state index contributed by atoms with van der Waals surface area (Å²) in [5.74, 6) is 1.65. The molecule has 0 radical (unpaired) electrons. The first-order valence-corrected chi connectivity index (χ1v) is 13.0. The fourth-order valence-electron chi connectivity index (χ4n) is 4.46. The second-order valence-electron chi connectivity index (χ2n) is 9.00. The van der Waals surface area contributed by atoms with Gasteiger partial charge in [0.15, 0.2) is 11.5 Å². The summed E-state index contributed by atoms with van der Waals surface area (Å²) >= 11 is 0. The van der Waals surface area contributed by atoms with E-state index in [0.29, 0.717) is 0 Å². The lowest BCUT2D eigenvalue weighted by molar-refractivity contribution is 0.351. The second kappa shape index (κ2) is 19.8. The van der Waals surface area contributed by atoms with Crippen LogP contribution in [-0.4, -0.2) is 40.4 Å². The SMILES string of the molecule is COc1ccc(CCNCCCCCCNCCc2ccccc2)c(Cc2ccccc2)c1OC.Cl.Cl. The molecular weight excluding hydrogens is 503 g/mol. The van der Waals surface area contributed by atoms with Gasteiger partial charge in [0, 0.05) is 12.0 Å². The Bertz CT molecular complexity index is 972. The summed E-state index contributed by atoms with van der Waals surface area (Å²) in [4.78, 5) is 0. The Kier molecular flexibility index (Phi) is 17.6. The minimum atomic E-state index is 0. The molecule has 0 unspecified atom stereocenters. The summed E-state index contributed by atoms with van der Waals surface area (Å²) in [7, 11) is 3.43. The van der Waals surface area contributed by atoms with Crippen molar-refractivity contribution >= 4 is 24.8 Å². The summed E-state index contributed by atoms with van der Waals surface area (Å²) in [5.41, 5.74) is 5.23. The molecule has 0 saturated carbocycles. The summed E-state index contributed by atoms with van der Waals surface area (Å²) in [6.45, 7) is 4.22. The number of ether oxygens (including phenoxy) is 2. The molecule has 0 heterocycles. The number of halogens is 2. The second-order valence-corrected chi connectivity index (χ2v) is 9.00. The molecule has 0 amide bonds. The van der Waals surface area contributed by atoms with Gasteiger partial charge in [0.1, 0.15) is 0 Å². The van der Waals surface area contributed by atoms with E-state index in [1.54, 1.807) is 14.2 Å². The van der Waals surface area contributed by atoms with E-state index in [2.05, 4.69) is 77.4 Å². The van der Waals surface area contributed by atoms with Gasteiger partial charge in [0.2, 0.25) is 0 Å². The van der Waals surface area contributed by atoms with Gasteiger partial charge >= 0.3 is 0 Å². The third kappa shape index (κ3) is 11.8. The Labute approximate surface area is 236 Å². The molecule has 2 N–H and O–H groups in total. The first-order valence-electron chi connectivity index (χ1n) is 13.0. The van der Waals surface area contributed by atoms with Crippen LogP contribution in [0.4, 0.5) is 0 Å². The van der Waals surface area contributed by atoms with Crippen molar-refractivity contribution in [3.05, 3.63) is 95.1 Å². The molecule has 0 spiro atoms. The molecule has 0 saturated heterocycles. The maximum absolute atomic E-state index is 5.76. The van der Waals surface area contributed by atoms with Gasteiger partial charge in [-0.15, -0.1) is 24.8 Å². The molecule has 0 aliphatic rings. The van der Waals surface area contributed by atoms with Gasteiger partial charge in [-0.25, -0.2) is 0 Å². The zero-order valence-corrected chi connectivity index (χ0v) is 24.0. The molecule has 4 nitrogen and oxygen atoms in total. The highest BCUT2D eigenvalue weighted by atomic mass is 35.5. The van der Waals surface area contributed by atoms with E-state index in [-0.39, 0.29) is 24.8 Å². The van der Waals surface area contributed by atoms with Gasteiger partial charge in [0.25, 0.3) is 0 Å². The van der Waals surface area contributed by atoms with Crippen molar-refractivity contribution < 1.29 is 9.47 Å². The van der Waals surface area contributed by atoms with Crippen LogP contribution in [0.1, 0.15) is 47.9 Å². The van der Waals surface area contributed by atoms with Gasteiger partial charge in [-0.3, -0.25) is 0 Å². The molecule has 3 rings (SSSR count). The first-order chi connectivity index (χ1) is 17.3. The van der Waals surface area contributed by atoms with Crippen molar-refractivity contribution in [3.8, 4) is 11.5 Å². The third-order valence-corrected chi connectivity index (χ3v) is 6.43. The van der Waals surface area contributed by atoms with Crippen LogP contribution in [-0.2, 0) is 19.3 Å². The molecule has 0 atom stereocenters. The number of benzene rings is 3. The Morgan fingerprint density at radius 2 is 1.14 bits per heavy atom. The quantitative estimate of drug-likeness (QED) is 0.186. The number of methoxy groups -OCH3 is 2. The van der Waals surface area contributed by atoms with Gasteiger partial charge in [-0.1, -0.05) is 79.6 Å². The van der Waals surface area contributed by atoms with E-state index in [9.17, 15) is 0 Å². The van der Waals surface area contributed by atoms with Crippen molar-refractivity contribution in [2.24, 2.45) is 0 Å². The number of rotatable bonds is 17. The lowest BCUT2D eigenvalue weighted by Crippen LogP contribution is -2.20. The van der Waals surface area contributed by atoms with E-state index < -0.39 is 0 Å². The van der Waals surface area contributed by atoms with Gasteiger partial charge < -0.3 is 20.1 Å². The normalized spacial score (nSPS) is 10.3. The van der Waals surface area contributed by atoms with Crippen LogP contribution in [0.15, 0.2) is 72.8 Å². The molecule has 6 heteroatoms. The maximum Gasteiger partial charge on any atom is 0.164 e. The van der Waals surface area contributed by atoms with E-state index in [1.165, 1.54) is 47.9 Å². The maximum atomic E-state index is 5.76. The Balaban J connectivity index is 0.00000342. The summed E-state index contributed by atoms with van der Waals surface area (Å²) in [6.07, 6.45) is 7.98. The van der Waals surface area contributed by atoms with Crippen LogP contribution in [0, 0.1) is 0 Å². The van der Waals surface area contributed by atoms with Gasteiger partial charge in [-0.05, 0) is 74.6 Å². The highest BCUT2D eigenvalue weighted by molar-refractivity contribution is 5.85. The van der Waals surface area contributed by atoms with Crippen LogP contribution >= 0.6 is 24.8 Å². The highest BCUT2D eigenvalue weighted by Gasteiger charge is 2.15. The smallest absolute Gasteiger partial charge is 0.164 e. The molecule has 37 heavy (non-hydrogen) atoms. The molecule has 0 fully saturated rings. The van der Waals surface area contributed by atoms with Crippen molar-refractivity contribution in [1.82, 2.24) is 10.6 Å². The van der Waals surface area contributed by atoms with Crippen molar-refractivity contribution in [2.75, 3.05) is 40.4 Å². The zero-order valence-electron chi connectivity index (χ0n) is 22.3. The molecule has 0 bridgehead atoms. The standard InChI is InChI=1S/C31H42N2O2.2ClH/c1-34-30-18-17-28(29(31(30)35-2)25-27-15-9-6-10-16-27)20-24-33-22-12-4-3-11-21-32-23-19-26-13-7-5-8-14-26;;/h5-10,13-18,32-33H,3-4,11-12,19-25H2,1-2H3;2*1H. The average Bonchev–Trinajstić information content (AvgIpc) is 2.90. The fraction of sp³-hybridized carbons (Fsp3) is 0.419. The van der Waals surface area contributed by atoms with Crippen molar-refractivity contribution in [2.45, 2.75) is 44.9 Å². The first kappa shape index (κ1) is 32.8. The van der Waals surface area contributed by atoms with Crippen molar-refractivity contribution in [3.63, 3.8) is 0 Å². The minimum Gasteiger partial charge on any atom is -0.493 e. The number of unbranched alkanes of at least 4 members (excludes halogenated alkanes) is 3. The highest BCUT2D eigenvalue weighted by Crippen LogP contribution is 2.35. The number of hydrogen-bond donors (Lipinski definition) is 2. The molecule has 0 aliphatic carbocycles. The van der Waals surface area contributed by atoms with Crippen LogP contribution < -0.4 is 20.1 Å². The molecular formula is C31H44Cl2N2O2. The van der Waals surface area contributed by atoms with Crippen LogP contribution in [0.5, 0.6) is 11.5 Å². The Hall–Kier alpha value is -2.24. The summed E-state index contributed by atoms with van der Waals surface area (Å²) < 4.78 is 11.3. The monoisotopic (exact) mass is 546 g/mol. The van der Waals surface area contributed by atoms with Crippen molar-refractivity contribution in [1.29, 1.82) is 0 Å².